The van der Waals surface area contributed by atoms with Gasteiger partial charge >= 0.3 is 14.5 Å². The highest BCUT2D eigenvalue weighted by molar-refractivity contribution is 6.87. The zero-order valence-corrected chi connectivity index (χ0v) is 23.7. The molecule has 0 amide bonds. The predicted octanol–water partition coefficient (Wildman–Crippen LogP) is 6.02. The van der Waals surface area contributed by atoms with Gasteiger partial charge in [0, 0.05) is 12.4 Å². The Morgan fingerprint density at radius 2 is 1.47 bits per heavy atom. The van der Waals surface area contributed by atoms with E-state index < -0.39 is 31.2 Å². The van der Waals surface area contributed by atoms with Crippen molar-refractivity contribution in [3.8, 4) is 11.5 Å². The summed E-state index contributed by atoms with van der Waals surface area (Å²) in [5.41, 5.74) is 1.57. The van der Waals surface area contributed by atoms with Crippen molar-refractivity contribution in [1.29, 1.82) is 0 Å². The lowest BCUT2D eigenvalue weighted by atomic mass is 10.1. The van der Waals surface area contributed by atoms with Gasteiger partial charge in [-0.1, -0.05) is 6.07 Å². The van der Waals surface area contributed by atoms with Crippen molar-refractivity contribution >= 4 is 31.2 Å². The number of carbonyl (C=O) groups is 1. The average molecular weight is 492 g/mol. The van der Waals surface area contributed by atoms with Crippen molar-refractivity contribution in [3.63, 3.8) is 0 Å². The van der Waals surface area contributed by atoms with Gasteiger partial charge in [-0.2, -0.15) is 0 Å². The molecule has 176 valence electrons. The lowest BCUT2D eigenvalue weighted by Gasteiger charge is -2.38. The third kappa shape index (κ3) is 8.99. The first-order valence-electron chi connectivity index (χ1n) is 11.0. The number of aromatic nitrogens is 1. The van der Waals surface area contributed by atoms with Gasteiger partial charge in [0.05, 0.1) is 12.7 Å². The second kappa shape index (κ2) is 10.9. The van der Waals surface area contributed by atoms with E-state index in [9.17, 15) is 4.79 Å². The Morgan fingerprint density at radius 3 is 2.00 bits per heavy atom. The van der Waals surface area contributed by atoms with Crippen LogP contribution in [0.25, 0.3) is 0 Å². The number of benzene rings is 1. The topological polar surface area (TPSA) is 66.9 Å². The van der Waals surface area contributed by atoms with Crippen LogP contribution in [-0.4, -0.2) is 43.3 Å². The number of rotatable bonds is 11. The second-order valence-corrected chi connectivity index (χ2v) is 22.9. The molecule has 1 heterocycles. The van der Waals surface area contributed by atoms with E-state index in [4.69, 9.17) is 17.7 Å². The van der Waals surface area contributed by atoms with E-state index in [2.05, 4.69) is 50.8 Å². The molecule has 32 heavy (non-hydrogen) atoms. The van der Waals surface area contributed by atoms with E-state index in [0.717, 1.165) is 24.4 Å². The minimum Gasteiger partial charge on any atom is -0.493 e. The molecule has 0 bridgehead atoms. The summed E-state index contributed by atoms with van der Waals surface area (Å²) in [5.74, 6) is 0.509. The summed E-state index contributed by atoms with van der Waals surface area (Å²) in [7, 11) is -4.07. The molecule has 0 aliphatic heterocycles. The van der Waals surface area contributed by atoms with Crippen molar-refractivity contribution < 1.29 is 22.5 Å². The molecule has 2 aromatic rings. The van der Waals surface area contributed by atoms with Crippen molar-refractivity contribution in [2.24, 2.45) is 0 Å². The van der Waals surface area contributed by atoms with Gasteiger partial charge in [0.2, 0.25) is 0 Å². The number of carbonyl (C=O) groups excluding carboxylic acids is 1. The van der Waals surface area contributed by atoms with Crippen molar-refractivity contribution in [1.82, 2.24) is 4.98 Å². The average Bonchev–Trinajstić information content (AvgIpc) is 2.66. The molecule has 0 radical (unpaired) electrons. The monoisotopic (exact) mass is 491 g/mol. The molecule has 9 heteroatoms. The van der Waals surface area contributed by atoms with Gasteiger partial charge in [-0.3, -0.25) is 4.98 Å². The molecule has 0 saturated carbocycles. The Balaban J connectivity index is 2.05. The summed E-state index contributed by atoms with van der Waals surface area (Å²) in [6.07, 6.45) is 4.97. The minimum absolute atomic E-state index is 0.404. The molecule has 0 unspecified atom stereocenters. The first kappa shape index (κ1) is 26.5. The maximum Gasteiger partial charge on any atom is 0.343 e. The van der Waals surface area contributed by atoms with Gasteiger partial charge in [-0.15, -0.1) is 0 Å². The number of nitrogens with zero attached hydrogens (tertiary/aromatic N) is 1. The Morgan fingerprint density at radius 1 is 0.875 bits per heavy atom. The number of hydrogen-bond acceptors (Lipinski definition) is 6. The lowest BCUT2D eigenvalue weighted by Crippen LogP contribution is -2.52. The summed E-state index contributed by atoms with van der Waals surface area (Å²) >= 11 is 0. The van der Waals surface area contributed by atoms with Crippen LogP contribution in [0.3, 0.4) is 0 Å². The van der Waals surface area contributed by atoms with Crippen molar-refractivity contribution in [2.45, 2.75) is 64.7 Å². The summed E-state index contributed by atoms with van der Waals surface area (Å²) < 4.78 is 24.2. The van der Waals surface area contributed by atoms with Crippen LogP contribution in [0.1, 0.15) is 22.3 Å². The Bertz CT molecular complexity index is 879. The normalized spacial score (nSPS) is 12.5. The van der Waals surface area contributed by atoms with Crippen LogP contribution >= 0.6 is 0 Å². The highest BCUT2D eigenvalue weighted by atomic mass is 28.5. The van der Waals surface area contributed by atoms with Crippen LogP contribution < -0.4 is 9.47 Å². The van der Waals surface area contributed by atoms with E-state index in [-0.39, 0.29) is 0 Å². The number of hydrogen-bond donors (Lipinski definition) is 0. The maximum absolute atomic E-state index is 12.4. The molecule has 6 nitrogen and oxygen atoms in total. The molecule has 0 aliphatic carbocycles. The number of ether oxygens (including phenoxy) is 2. The lowest BCUT2D eigenvalue weighted by molar-refractivity contribution is 0.0729. The Kier molecular flexibility index (Phi) is 9.00. The zero-order valence-electron chi connectivity index (χ0n) is 20.7. The van der Waals surface area contributed by atoms with Crippen molar-refractivity contribution in [3.05, 3.63) is 53.9 Å². The van der Waals surface area contributed by atoms with Crippen LogP contribution in [0.15, 0.2) is 42.7 Å². The largest absolute Gasteiger partial charge is 0.493 e. The summed E-state index contributed by atoms with van der Waals surface area (Å²) in [6.45, 7) is 15.6. The first-order chi connectivity index (χ1) is 14.8. The van der Waals surface area contributed by atoms with E-state index in [1.54, 1.807) is 37.7 Å². The highest BCUT2D eigenvalue weighted by Crippen LogP contribution is 2.31. The molecule has 0 saturated heterocycles. The molecule has 1 aromatic carbocycles. The predicted molar refractivity (Wildman–Crippen MR) is 136 cm³/mol. The summed E-state index contributed by atoms with van der Waals surface area (Å²) in [6, 6.07) is 9.90. The molecule has 0 aliphatic rings. The van der Waals surface area contributed by atoms with Crippen LogP contribution in [0.4, 0.5) is 0 Å². The van der Waals surface area contributed by atoms with Crippen LogP contribution in [0.2, 0.25) is 51.9 Å². The molecular weight excluding hydrogens is 455 g/mol. The number of pyridine rings is 1. The quantitative estimate of drug-likeness (QED) is 0.218. The smallest absolute Gasteiger partial charge is 0.343 e. The Labute approximate surface area is 195 Å². The van der Waals surface area contributed by atoms with E-state index in [0.29, 0.717) is 17.1 Å². The highest BCUT2D eigenvalue weighted by Gasteiger charge is 2.39. The molecular formula is C23H37NO5Si3. The van der Waals surface area contributed by atoms with Gasteiger partial charge in [0.15, 0.2) is 28.1 Å². The molecule has 0 fully saturated rings. The van der Waals surface area contributed by atoms with Gasteiger partial charge in [-0.05, 0) is 94.5 Å². The van der Waals surface area contributed by atoms with Crippen LogP contribution in [0.5, 0.6) is 11.5 Å². The molecule has 2 rings (SSSR count). The van der Waals surface area contributed by atoms with Gasteiger partial charge in [-0.25, -0.2) is 4.79 Å². The second-order valence-electron chi connectivity index (χ2n) is 10.0. The molecule has 0 atom stereocenters. The van der Waals surface area contributed by atoms with Gasteiger partial charge in [0.1, 0.15) is 0 Å². The van der Waals surface area contributed by atoms with Crippen LogP contribution in [0, 0.1) is 0 Å². The first-order valence-corrected chi connectivity index (χ1v) is 20.3. The standard InChI is InChI=1S/C23H37NO5Si3/c1-26-22-18-19(11-12-21(22)27-23(25)20-13-15-24-16-14-20)10-9-17-32(8,28-30(2,3)4)29-31(5,6)7/h11-16,18H,9-10,17H2,1-8H3. The summed E-state index contributed by atoms with van der Waals surface area (Å²) in [5, 5.41) is 0. The van der Waals surface area contributed by atoms with E-state index in [1.807, 2.05) is 12.1 Å². The zero-order chi connectivity index (χ0) is 24.0. The third-order valence-corrected chi connectivity index (χ3v) is 14.1. The SMILES string of the molecule is COc1cc(CCC[Si](C)(O[Si](C)(C)C)O[Si](C)(C)C)ccc1OC(=O)c1ccncc1. The van der Waals surface area contributed by atoms with Crippen LogP contribution in [-0.2, 0) is 14.7 Å². The maximum atomic E-state index is 12.4. The number of esters is 1. The third-order valence-electron chi connectivity index (χ3n) is 4.49. The van der Waals surface area contributed by atoms with Crippen molar-refractivity contribution in [2.75, 3.05) is 7.11 Å². The summed E-state index contributed by atoms with van der Waals surface area (Å²) in [4.78, 5) is 16.3. The molecule has 0 spiro atoms. The fourth-order valence-electron chi connectivity index (χ4n) is 3.63. The minimum atomic E-state index is -2.25. The fourth-order valence-corrected chi connectivity index (χ4v) is 16.2. The molecule has 0 N–H and O–H groups in total. The number of aryl methyl sites for hydroxylation is 1. The van der Waals surface area contributed by atoms with Gasteiger partial charge in [0.25, 0.3) is 0 Å². The molecule has 1 aromatic heterocycles. The van der Waals surface area contributed by atoms with E-state index in [1.165, 1.54) is 0 Å². The van der Waals surface area contributed by atoms with Gasteiger partial charge < -0.3 is 17.7 Å². The fraction of sp³-hybridized carbons (Fsp3) is 0.478. The Hall–Kier alpha value is -1.79. The number of methoxy groups -OCH3 is 1. The van der Waals surface area contributed by atoms with E-state index >= 15 is 0 Å².